The average Bonchev–Trinajstić information content (AvgIpc) is 3.12. The molecule has 2 N–H and O–H groups in total. The van der Waals surface area contributed by atoms with Gasteiger partial charge < -0.3 is 19.9 Å². The van der Waals surface area contributed by atoms with Crippen molar-refractivity contribution in [1.29, 1.82) is 0 Å². The van der Waals surface area contributed by atoms with Gasteiger partial charge in [-0.1, -0.05) is 17.3 Å². The predicted molar refractivity (Wildman–Crippen MR) is 99.2 cm³/mol. The van der Waals surface area contributed by atoms with Crippen molar-refractivity contribution in [3.8, 4) is 0 Å². The molecule has 0 unspecified atom stereocenters. The van der Waals surface area contributed by atoms with Gasteiger partial charge in [-0.3, -0.25) is 14.6 Å². The molecule has 0 aliphatic carbocycles. The average molecular weight is 380 g/mol. The number of pyridine rings is 1. The van der Waals surface area contributed by atoms with Crippen molar-refractivity contribution in [1.82, 2.24) is 10.1 Å². The first-order valence-electron chi connectivity index (χ1n) is 8.17. The van der Waals surface area contributed by atoms with E-state index in [9.17, 15) is 14.4 Å². The summed E-state index contributed by atoms with van der Waals surface area (Å²) in [6, 6.07) is 10.8. The molecule has 28 heavy (non-hydrogen) atoms. The minimum atomic E-state index is -0.575. The monoisotopic (exact) mass is 380 g/mol. The maximum absolute atomic E-state index is 12.6. The van der Waals surface area contributed by atoms with E-state index in [1.165, 1.54) is 31.5 Å². The van der Waals surface area contributed by atoms with Crippen LogP contribution in [0.2, 0.25) is 0 Å². The molecule has 9 heteroatoms. The number of benzene rings is 1. The first-order valence-corrected chi connectivity index (χ1v) is 8.17. The number of methoxy groups -OCH3 is 1. The van der Waals surface area contributed by atoms with E-state index in [0.717, 1.165) is 0 Å². The third-order valence-electron chi connectivity index (χ3n) is 3.70. The molecule has 2 amide bonds. The maximum atomic E-state index is 12.6. The molecule has 3 aromatic rings. The Bertz CT molecular complexity index is 1040. The minimum Gasteiger partial charge on any atom is -0.465 e. The molecule has 0 aliphatic rings. The molecule has 0 saturated carbocycles. The molecule has 0 radical (unpaired) electrons. The highest BCUT2D eigenvalue weighted by atomic mass is 16.5. The van der Waals surface area contributed by atoms with Crippen LogP contribution in [-0.4, -0.2) is 35.0 Å². The number of carbonyl (C=O) groups excluding carboxylic acids is 3. The number of hydrogen-bond donors (Lipinski definition) is 2. The Morgan fingerprint density at radius 3 is 2.54 bits per heavy atom. The Labute approximate surface area is 159 Å². The van der Waals surface area contributed by atoms with E-state index in [4.69, 9.17) is 9.26 Å². The molecular weight excluding hydrogens is 364 g/mol. The maximum Gasteiger partial charge on any atom is 0.339 e. The highest BCUT2D eigenvalue weighted by molar-refractivity contribution is 6.09. The number of para-hydroxylation sites is 1. The molecule has 0 bridgehead atoms. The van der Waals surface area contributed by atoms with Crippen LogP contribution in [0.5, 0.6) is 0 Å². The van der Waals surface area contributed by atoms with Gasteiger partial charge in [-0.25, -0.2) is 4.79 Å². The molecule has 0 aliphatic heterocycles. The van der Waals surface area contributed by atoms with E-state index in [1.807, 2.05) is 0 Å². The number of nitrogens with one attached hydrogen (secondary N) is 2. The van der Waals surface area contributed by atoms with Gasteiger partial charge in [0.05, 0.1) is 18.4 Å². The Hall–Kier alpha value is -4.01. The van der Waals surface area contributed by atoms with Crippen LogP contribution < -0.4 is 10.6 Å². The number of ether oxygens (including phenoxy) is 1. The molecule has 3 rings (SSSR count). The highest BCUT2D eigenvalue weighted by Gasteiger charge is 2.16. The summed E-state index contributed by atoms with van der Waals surface area (Å²) in [7, 11) is 1.26. The van der Waals surface area contributed by atoms with Crippen LogP contribution in [-0.2, 0) is 4.74 Å². The second-order valence-corrected chi connectivity index (χ2v) is 5.70. The quantitative estimate of drug-likeness (QED) is 0.652. The molecular formula is C19H16N4O5. The van der Waals surface area contributed by atoms with Crippen molar-refractivity contribution in [3.63, 3.8) is 0 Å². The van der Waals surface area contributed by atoms with E-state index in [-0.39, 0.29) is 22.6 Å². The number of rotatable bonds is 5. The van der Waals surface area contributed by atoms with E-state index in [2.05, 4.69) is 20.8 Å². The van der Waals surface area contributed by atoms with Gasteiger partial charge in [0, 0.05) is 17.8 Å². The lowest BCUT2D eigenvalue weighted by molar-refractivity contribution is 0.0601. The zero-order valence-electron chi connectivity index (χ0n) is 15.1. The summed E-state index contributed by atoms with van der Waals surface area (Å²) in [6.07, 6.45) is 1.34. The fourth-order valence-electron chi connectivity index (χ4n) is 2.38. The van der Waals surface area contributed by atoms with Crippen molar-refractivity contribution in [2.45, 2.75) is 6.92 Å². The van der Waals surface area contributed by atoms with Crippen LogP contribution in [0.3, 0.4) is 0 Å². The first-order chi connectivity index (χ1) is 13.5. The number of carbonyl (C=O) groups is 3. The van der Waals surface area contributed by atoms with Crippen LogP contribution in [0.1, 0.15) is 37.0 Å². The van der Waals surface area contributed by atoms with E-state index in [1.54, 1.807) is 31.2 Å². The number of nitrogens with zero attached hydrogens (tertiary/aromatic N) is 2. The molecule has 0 atom stereocenters. The summed E-state index contributed by atoms with van der Waals surface area (Å²) >= 11 is 0. The van der Waals surface area contributed by atoms with Crippen LogP contribution in [0.4, 0.5) is 11.5 Å². The van der Waals surface area contributed by atoms with Crippen molar-refractivity contribution >= 4 is 29.3 Å². The second-order valence-electron chi connectivity index (χ2n) is 5.70. The van der Waals surface area contributed by atoms with E-state index in [0.29, 0.717) is 11.4 Å². The minimum absolute atomic E-state index is 0.0227. The number of amides is 2. The van der Waals surface area contributed by atoms with Crippen molar-refractivity contribution in [2.75, 3.05) is 17.7 Å². The SMILES string of the molecule is COC(=O)c1ccccc1NC(=O)c1ccnc(C(=O)Nc2cc(C)on2)c1. The molecule has 1 aromatic carbocycles. The Morgan fingerprint density at radius 1 is 1.04 bits per heavy atom. The number of hydrogen-bond acceptors (Lipinski definition) is 7. The Kier molecular flexibility index (Phi) is 5.45. The highest BCUT2D eigenvalue weighted by Crippen LogP contribution is 2.17. The fourth-order valence-corrected chi connectivity index (χ4v) is 2.38. The zero-order chi connectivity index (χ0) is 20.1. The summed E-state index contributed by atoms with van der Waals surface area (Å²) in [6.45, 7) is 1.69. The summed E-state index contributed by atoms with van der Waals surface area (Å²) < 4.78 is 9.59. The topological polar surface area (TPSA) is 123 Å². The molecule has 2 aromatic heterocycles. The smallest absolute Gasteiger partial charge is 0.339 e. The third kappa shape index (κ3) is 4.21. The molecule has 0 spiro atoms. The van der Waals surface area contributed by atoms with E-state index < -0.39 is 17.8 Å². The predicted octanol–water partition coefficient (Wildman–Crippen LogP) is 2.67. The van der Waals surface area contributed by atoms with Crippen molar-refractivity contribution in [2.24, 2.45) is 0 Å². The van der Waals surface area contributed by atoms with Gasteiger partial charge in [0.2, 0.25) is 0 Å². The molecule has 9 nitrogen and oxygen atoms in total. The first kappa shape index (κ1) is 18.8. The van der Waals surface area contributed by atoms with Gasteiger partial charge in [-0.05, 0) is 31.2 Å². The van der Waals surface area contributed by atoms with Crippen molar-refractivity contribution in [3.05, 3.63) is 71.2 Å². The van der Waals surface area contributed by atoms with Gasteiger partial charge in [0.15, 0.2) is 5.82 Å². The van der Waals surface area contributed by atoms with Crippen LogP contribution >= 0.6 is 0 Å². The largest absolute Gasteiger partial charge is 0.465 e. The fraction of sp³-hybridized carbons (Fsp3) is 0.105. The molecule has 0 fully saturated rings. The number of esters is 1. The van der Waals surface area contributed by atoms with Crippen LogP contribution in [0, 0.1) is 6.92 Å². The van der Waals surface area contributed by atoms with Gasteiger partial charge in [0.25, 0.3) is 11.8 Å². The molecule has 0 saturated heterocycles. The van der Waals surface area contributed by atoms with Gasteiger partial charge in [0.1, 0.15) is 11.5 Å². The normalized spacial score (nSPS) is 10.2. The number of aryl methyl sites for hydroxylation is 1. The van der Waals surface area contributed by atoms with Crippen molar-refractivity contribution < 1.29 is 23.6 Å². The van der Waals surface area contributed by atoms with Gasteiger partial charge in [-0.15, -0.1) is 0 Å². The van der Waals surface area contributed by atoms with Crippen LogP contribution in [0.25, 0.3) is 0 Å². The molecule has 2 heterocycles. The lowest BCUT2D eigenvalue weighted by atomic mass is 10.1. The molecule has 142 valence electrons. The Balaban J connectivity index is 1.78. The van der Waals surface area contributed by atoms with E-state index >= 15 is 0 Å². The second kappa shape index (κ2) is 8.12. The summed E-state index contributed by atoms with van der Waals surface area (Å²) in [5, 5.41) is 8.83. The standard InChI is InChI=1S/C19H16N4O5/c1-11-9-16(23-28-11)22-18(25)15-10-12(7-8-20-15)17(24)21-14-6-4-3-5-13(14)19(26)27-2/h3-10H,1-2H3,(H,21,24)(H,22,23,25). The third-order valence-corrected chi connectivity index (χ3v) is 3.70. The lowest BCUT2D eigenvalue weighted by Crippen LogP contribution is -2.18. The lowest BCUT2D eigenvalue weighted by Gasteiger charge is -2.10. The summed E-state index contributed by atoms with van der Waals surface area (Å²) in [5.41, 5.74) is 0.720. The van der Waals surface area contributed by atoms with Gasteiger partial charge in [-0.2, -0.15) is 0 Å². The number of anilines is 2. The van der Waals surface area contributed by atoms with Crippen LogP contribution in [0.15, 0.2) is 53.2 Å². The summed E-state index contributed by atoms with van der Waals surface area (Å²) in [4.78, 5) is 40.6. The zero-order valence-corrected chi connectivity index (χ0v) is 15.1. The summed E-state index contributed by atoms with van der Waals surface area (Å²) in [5.74, 6) is -0.844. The Morgan fingerprint density at radius 2 is 1.82 bits per heavy atom. The number of aromatic nitrogens is 2. The van der Waals surface area contributed by atoms with Gasteiger partial charge >= 0.3 is 5.97 Å².